The minimum Gasteiger partial charge on any atom is -0.481 e. The van der Waals surface area contributed by atoms with E-state index in [2.05, 4.69) is 104 Å². The molecule has 6 rings (SSSR count). The number of ether oxygens (including phenoxy) is 2. The summed E-state index contributed by atoms with van der Waals surface area (Å²) in [5.74, 6) is 0.958. The van der Waals surface area contributed by atoms with Gasteiger partial charge in [0.1, 0.15) is 12.7 Å². The van der Waals surface area contributed by atoms with Crippen LogP contribution in [-0.2, 0) is 14.3 Å². The number of hydrogen-bond donors (Lipinski definition) is 1. The molecule has 0 aromatic carbocycles. The van der Waals surface area contributed by atoms with E-state index in [4.69, 9.17) is 14.6 Å². The van der Waals surface area contributed by atoms with Crippen molar-refractivity contribution in [3.05, 3.63) is 24.3 Å². The van der Waals surface area contributed by atoms with Crippen molar-refractivity contribution in [1.82, 2.24) is 19.7 Å². The molecule has 1 unspecified atom stereocenters. The van der Waals surface area contributed by atoms with Gasteiger partial charge in [-0.1, -0.05) is 74.0 Å². The zero-order valence-corrected chi connectivity index (χ0v) is 32.2. The molecule has 4 aliphatic carbocycles. The van der Waals surface area contributed by atoms with Crippen molar-refractivity contribution in [2.24, 2.45) is 62.6 Å². The highest BCUT2D eigenvalue weighted by molar-refractivity contribution is 5.73. The molecule has 4 fully saturated rings. The summed E-state index contributed by atoms with van der Waals surface area (Å²) in [6.07, 6.45) is 12.0. The van der Waals surface area contributed by atoms with E-state index >= 15 is 0 Å². The summed E-state index contributed by atoms with van der Waals surface area (Å²) in [5, 5.41) is 15.8. The van der Waals surface area contributed by atoms with Gasteiger partial charge in [0.15, 0.2) is 0 Å². The van der Waals surface area contributed by atoms with E-state index < -0.39 is 5.97 Å². The van der Waals surface area contributed by atoms with Gasteiger partial charge in [-0.3, -0.25) is 4.79 Å². The topological polar surface area (TPSA) is 89.7 Å². The molecule has 3 saturated carbocycles. The number of fused-ring (bicyclic) bond motifs is 3. The Kier molecular flexibility index (Phi) is 8.93. The van der Waals surface area contributed by atoms with E-state index in [9.17, 15) is 9.90 Å². The third-order valence-electron chi connectivity index (χ3n) is 16.7. The van der Waals surface area contributed by atoms with Crippen LogP contribution in [0.15, 0.2) is 24.3 Å². The fraction of sp³-hybridized carbons (Fsp3) is 0.875. The minimum atomic E-state index is -0.606. The zero-order chi connectivity index (χ0) is 35.2. The summed E-state index contributed by atoms with van der Waals surface area (Å²) in [6.45, 7) is 25.3. The Morgan fingerprint density at radius 1 is 1.10 bits per heavy atom. The second-order valence-corrected chi connectivity index (χ2v) is 19.1. The van der Waals surface area contributed by atoms with Crippen molar-refractivity contribution in [3.63, 3.8) is 0 Å². The maximum absolute atomic E-state index is 13.5. The Morgan fingerprint density at radius 2 is 1.81 bits per heavy atom. The van der Waals surface area contributed by atoms with Crippen LogP contribution in [0.25, 0.3) is 0 Å². The molecule has 5 aliphatic rings. The lowest BCUT2D eigenvalue weighted by atomic mass is 9.34. The molecule has 1 aliphatic heterocycles. The predicted molar refractivity (Wildman–Crippen MR) is 189 cm³/mol. The van der Waals surface area contributed by atoms with Gasteiger partial charge in [-0.2, -0.15) is 5.10 Å². The minimum absolute atomic E-state index is 0.0327. The van der Waals surface area contributed by atoms with Crippen LogP contribution in [0.1, 0.15) is 114 Å². The number of carbonyl (C=O) groups is 1. The van der Waals surface area contributed by atoms with E-state index in [1.807, 2.05) is 6.33 Å². The lowest BCUT2D eigenvalue weighted by Crippen LogP contribution is -2.69. The van der Waals surface area contributed by atoms with Gasteiger partial charge in [0.05, 0.1) is 37.9 Å². The first-order chi connectivity index (χ1) is 22.3. The van der Waals surface area contributed by atoms with Crippen LogP contribution in [0, 0.1) is 62.6 Å². The molecule has 270 valence electrons. The van der Waals surface area contributed by atoms with E-state index in [1.54, 1.807) is 11.9 Å². The maximum Gasteiger partial charge on any atom is 0.307 e. The number of hydrogen-bond acceptors (Lipinski definition) is 6. The number of rotatable bonds is 9. The van der Waals surface area contributed by atoms with Crippen LogP contribution in [0.5, 0.6) is 0 Å². The maximum atomic E-state index is 13.5. The molecule has 1 saturated heterocycles. The highest BCUT2D eigenvalue weighted by Crippen LogP contribution is 2.75. The van der Waals surface area contributed by atoms with Crippen LogP contribution < -0.4 is 0 Å². The third kappa shape index (κ3) is 4.80. The van der Waals surface area contributed by atoms with Crippen molar-refractivity contribution >= 4 is 5.97 Å². The van der Waals surface area contributed by atoms with Crippen molar-refractivity contribution in [3.8, 4) is 0 Å². The number of carboxylic acids is 1. The van der Waals surface area contributed by atoms with Crippen LogP contribution in [0.2, 0.25) is 0 Å². The van der Waals surface area contributed by atoms with Gasteiger partial charge in [-0.15, -0.1) is 0 Å². The molecule has 48 heavy (non-hydrogen) atoms. The molecule has 1 aromatic heterocycles. The van der Waals surface area contributed by atoms with Crippen molar-refractivity contribution in [2.75, 3.05) is 33.9 Å². The Labute approximate surface area is 290 Å². The summed E-state index contributed by atoms with van der Waals surface area (Å²) in [4.78, 5) is 20.2. The van der Waals surface area contributed by atoms with Crippen molar-refractivity contribution in [1.29, 1.82) is 0 Å². The molecular weight excluding hydrogens is 600 g/mol. The monoisotopic (exact) mass is 667 g/mol. The van der Waals surface area contributed by atoms with Gasteiger partial charge in [0.2, 0.25) is 0 Å². The predicted octanol–water partition coefficient (Wildman–Crippen LogP) is 7.77. The first kappa shape index (κ1) is 36.0. The Morgan fingerprint density at radius 3 is 2.40 bits per heavy atom. The van der Waals surface area contributed by atoms with Crippen molar-refractivity contribution in [2.45, 2.75) is 125 Å². The fourth-order valence-corrected chi connectivity index (χ4v) is 12.6. The van der Waals surface area contributed by atoms with E-state index in [0.717, 1.165) is 38.5 Å². The second kappa shape index (κ2) is 11.9. The summed E-state index contributed by atoms with van der Waals surface area (Å²) in [5.41, 5.74) is 0.426. The quantitative estimate of drug-likeness (QED) is 0.270. The Hall–Kier alpha value is -1.77. The molecule has 2 heterocycles. The third-order valence-corrected chi connectivity index (χ3v) is 16.7. The van der Waals surface area contributed by atoms with Gasteiger partial charge in [0.25, 0.3) is 0 Å². The zero-order valence-electron chi connectivity index (χ0n) is 32.2. The molecule has 1 aromatic rings. The highest BCUT2D eigenvalue weighted by atomic mass is 16.5. The van der Waals surface area contributed by atoms with Crippen molar-refractivity contribution < 1.29 is 19.4 Å². The average Bonchev–Trinajstić information content (AvgIpc) is 3.55. The summed E-state index contributed by atoms with van der Waals surface area (Å²) in [7, 11) is 4.32. The SMILES string of the molecule is CC(C)[C@@H](C)[C@@]1(C)CC[C@]2(C)[C@H]3CC[C@@H]4C5(COC[C@]4(C)[C@@H](OC[C@](C)(C(C)C)N(C)C)[C@H](n4cncn4)C5)C3=CC[C@@]2(C)[C@@H]1C(=O)O. The first-order valence-electron chi connectivity index (χ1n) is 19.0. The highest BCUT2D eigenvalue weighted by Gasteiger charge is 2.72. The molecular formula is C40H66N4O4. The Bertz CT molecular complexity index is 1380. The number of nitrogens with zero attached hydrogens (tertiary/aromatic N) is 4. The molecule has 8 heteroatoms. The summed E-state index contributed by atoms with van der Waals surface area (Å²) in [6, 6.07) is 0.0327. The lowest BCUT2D eigenvalue weighted by Gasteiger charge is -2.71. The van der Waals surface area contributed by atoms with Gasteiger partial charge in [0, 0.05) is 16.4 Å². The van der Waals surface area contributed by atoms with Crippen LogP contribution >= 0.6 is 0 Å². The number of allylic oxidation sites excluding steroid dienone is 1. The number of aromatic nitrogens is 3. The molecule has 12 atom stereocenters. The second-order valence-electron chi connectivity index (χ2n) is 19.1. The van der Waals surface area contributed by atoms with Gasteiger partial charge < -0.3 is 19.5 Å². The molecule has 1 N–H and O–H groups in total. The van der Waals surface area contributed by atoms with Gasteiger partial charge >= 0.3 is 5.97 Å². The molecule has 0 spiro atoms. The van der Waals surface area contributed by atoms with Crippen LogP contribution in [0.4, 0.5) is 0 Å². The summed E-state index contributed by atoms with van der Waals surface area (Å²) < 4.78 is 16.0. The van der Waals surface area contributed by atoms with Crippen LogP contribution in [0.3, 0.4) is 0 Å². The molecule has 0 amide bonds. The normalized spacial score (nSPS) is 44.4. The first-order valence-corrected chi connectivity index (χ1v) is 19.0. The largest absolute Gasteiger partial charge is 0.481 e. The van der Waals surface area contributed by atoms with E-state index in [-0.39, 0.29) is 50.7 Å². The van der Waals surface area contributed by atoms with E-state index in [0.29, 0.717) is 49.4 Å². The Balaban J connectivity index is 1.43. The van der Waals surface area contributed by atoms with Gasteiger partial charge in [-0.25, -0.2) is 9.67 Å². The number of likely N-dealkylation sites (N-methyl/N-ethyl adjacent to an activating group) is 1. The lowest BCUT2D eigenvalue weighted by molar-refractivity contribution is -0.255. The molecule has 8 nitrogen and oxygen atoms in total. The summed E-state index contributed by atoms with van der Waals surface area (Å²) >= 11 is 0. The van der Waals surface area contributed by atoms with Crippen LogP contribution in [-0.4, -0.2) is 76.3 Å². The number of carboxylic acid groups (broad SMARTS) is 1. The standard InChI is InChI=1S/C40H66N4O4/c1-25(2)27(5)35(6)17-18-37(8)28-13-14-31-36(7)20-47-22-40(31,29(28)15-16-38(37,9)32(35)34(45)46)19-30(44-24-41-23-42-44)33(36)48-21-39(10,26(3)4)43(11)12/h15,23-28,30-33H,13-14,16-22H2,1-12H3,(H,45,46)/t27-,28+,30-,31+,32-,33+,35-,36+,37-,38+,39-,40?/m1/s1. The molecule has 2 bridgehead atoms. The fourth-order valence-electron chi connectivity index (χ4n) is 12.6. The number of aliphatic carboxylic acids is 1. The van der Waals surface area contributed by atoms with Gasteiger partial charge in [-0.05, 0) is 105 Å². The average molecular weight is 667 g/mol. The smallest absolute Gasteiger partial charge is 0.307 e. The molecule has 0 radical (unpaired) electrons. The van der Waals surface area contributed by atoms with E-state index in [1.165, 1.54) is 0 Å².